The van der Waals surface area contributed by atoms with Crippen LogP contribution in [0.1, 0.15) is 16.1 Å². The Bertz CT molecular complexity index is 416. The fraction of sp³-hybridized carbons (Fsp3) is 0.143. The van der Waals surface area contributed by atoms with E-state index in [1.807, 2.05) is 0 Å². The molecule has 8 heteroatoms. The van der Waals surface area contributed by atoms with Crippen molar-refractivity contribution >= 4 is 12.1 Å². The van der Waals surface area contributed by atoms with Gasteiger partial charge < -0.3 is 10.1 Å². The number of nitro groups is 1. The van der Waals surface area contributed by atoms with Gasteiger partial charge >= 0.3 is 12.0 Å². The SMILES string of the molecule is O=Cc1ccc(C(F)(F)F)c([N+](=O)[O-])n1. The molecule has 0 aromatic carbocycles. The third-order valence-corrected chi connectivity index (χ3v) is 1.50. The fourth-order valence-electron chi connectivity index (χ4n) is 0.889. The molecule has 1 aromatic heterocycles. The van der Waals surface area contributed by atoms with Crippen molar-refractivity contribution in [1.29, 1.82) is 0 Å². The molecule has 0 aliphatic carbocycles. The van der Waals surface area contributed by atoms with Gasteiger partial charge in [0.15, 0.2) is 11.8 Å². The van der Waals surface area contributed by atoms with E-state index in [0.29, 0.717) is 6.07 Å². The molecule has 1 rings (SSSR count). The van der Waals surface area contributed by atoms with Crippen LogP contribution in [0.2, 0.25) is 0 Å². The lowest BCUT2D eigenvalue weighted by Gasteiger charge is -2.05. The van der Waals surface area contributed by atoms with E-state index in [9.17, 15) is 28.1 Å². The predicted octanol–water partition coefficient (Wildman–Crippen LogP) is 1.82. The largest absolute Gasteiger partial charge is 0.424 e. The zero-order chi connectivity index (χ0) is 11.6. The summed E-state index contributed by atoms with van der Waals surface area (Å²) in [6, 6.07) is 1.22. The van der Waals surface area contributed by atoms with Crippen molar-refractivity contribution in [3.8, 4) is 0 Å². The van der Waals surface area contributed by atoms with Crippen molar-refractivity contribution < 1.29 is 22.9 Å². The van der Waals surface area contributed by atoms with Crippen LogP contribution < -0.4 is 0 Å². The summed E-state index contributed by atoms with van der Waals surface area (Å²) >= 11 is 0. The molecule has 0 N–H and O–H groups in total. The molecule has 0 spiro atoms. The van der Waals surface area contributed by atoms with Gasteiger partial charge in [-0.25, -0.2) is 0 Å². The fourth-order valence-corrected chi connectivity index (χ4v) is 0.889. The molecule has 0 saturated heterocycles. The van der Waals surface area contributed by atoms with Gasteiger partial charge in [-0.05, 0) is 22.0 Å². The minimum atomic E-state index is -4.86. The summed E-state index contributed by atoms with van der Waals surface area (Å²) in [6.07, 6.45) is -4.73. The molecule has 0 amide bonds. The number of halogens is 3. The van der Waals surface area contributed by atoms with Crippen LogP contribution in [0.5, 0.6) is 0 Å². The molecule has 0 saturated carbocycles. The number of aldehydes is 1. The van der Waals surface area contributed by atoms with E-state index in [2.05, 4.69) is 4.98 Å². The molecular weight excluding hydrogens is 217 g/mol. The maximum absolute atomic E-state index is 12.2. The average Bonchev–Trinajstić information content (AvgIpc) is 2.15. The molecule has 1 aromatic rings. The quantitative estimate of drug-likeness (QED) is 0.433. The molecule has 5 nitrogen and oxygen atoms in total. The van der Waals surface area contributed by atoms with Gasteiger partial charge in [-0.15, -0.1) is 0 Å². The second-order valence-corrected chi connectivity index (χ2v) is 2.48. The van der Waals surface area contributed by atoms with Crippen LogP contribution in [0.4, 0.5) is 19.0 Å². The Balaban J connectivity index is 3.40. The van der Waals surface area contributed by atoms with Crippen molar-refractivity contribution in [1.82, 2.24) is 4.98 Å². The Morgan fingerprint density at radius 2 is 2.00 bits per heavy atom. The van der Waals surface area contributed by atoms with Gasteiger partial charge in [0.1, 0.15) is 0 Å². The first-order valence-corrected chi connectivity index (χ1v) is 3.54. The normalized spacial score (nSPS) is 11.1. The van der Waals surface area contributed by atoms with Crippen LogP contribution in [0, 0.1) is 10.1 Å². The number of aromatic nitrogens is 1. The molecule has 0 radical (unpaired) electrons. The standard InChI is InChI=1S/C7H3F3N2O3/c8-7(9,10)5-2-1-4(3-13)11-6(5)12(14)15/h1-3H. The van der Waals surface area contributed by atoms with E-state index in [1.54, 1.807) is 0 Å². The number of hydrogen-bond acceptors (Lipinski definition) is 4. The third kappa shape index (κ3) is 2.27. The Kier molecular flexibility index (Phi) is 2.69. The predicted molar refractivity (Wildman–Crippen MR) is 41.3 cm³/mol. The Hall–Kier alpha value is -1.99. The molecule has 0 unspecified atom stereocenters. The summed E-state index contributed by atoms with van der Waals surface area (Å²) in [5.41, 5.74) is -1.90. The van der Waals surface area contributed by atoms with Crippen LogP contribution in [0.3, 0.4) is 0 Å². The first-order valence-electron chi connectivity index (χ1n) is 3.54. The third-order valence-electron chi connectivity index (χ3n) is 1.50. The van der Waals surface area contributed by atoms with Crippen molar-refractivity contribution in [3.05, 3.63) is 33.5 Å². The molecule has 15 heavy (non-hydrogen) atoms. The number of rotatable bonds is 2. The molecule has 0 aliphatic heterocycles. The number of carbonyl (C=O) groups excluding carboxylic acids is 1. The maximum atomic E-state index is 12.2. The van der Waals surface area contributed by atoms with E-state index in [4.69, 9.17) is 0 Å². The molecular formula is C7H3F3N2O3. The highest BCUT2D eigenvalue weighted by Crippen LogP contribution is 2.34. The van der Waals surface area contributed by atoms with Gasteiger partial charge in [-0.1, -0.05) is 0 Å². The van der Waals surface area contributed by atoms with Crippen LogP contribution in [-0.2, 0) is 6.18 Å². The van der Waals surface area contributed by atoms with Gasteiger partial charge in [0, 0.05) is 0 Å². The summed E-state index contributed by atoms with van der Waals surface area (Å²) in [4.78, 5) is 22.1. The second-order valence-electron chi connectivity index (χ2n) is 2.48. The van der Waals surface area contributed by atoms with Crippen LogP contribution in [-0.4, -0.2) is 16.2 Å². The lowest BCUT2D eigenvalue weighted by atomic mass is 10.2. The van der Waals surface area contributed by atoms with Gasteiger partial charge in [0.05, 0.1) is 0 Å². The molecule has 0 atom stereocenters. The van der Waals surface area contributed by atoms with Gasteiger partial charge in [0.2, 0.25) is 5.69 Å². The minimum absolute atomic E-state index is 0.132. The summed E-state index contributed by atoms with van der Waals surface area (Å²) in [6.45, 7) is 0. The van der Waals surface area contributed by atoms with E-state index in [-0.39, 0.29) is 6.29 Å². The molecule has 0 bridgehead atoms. The Morgan fingerprint density at radius 3 is 2.40 bits per heavy atom. The first-order chi connectivity index (χ1) is 6.86. The van der Waals surface area contributed by atoms with Crippen molar-refractivity contribution in [2.75, 3.05) is 0 Å². The number of carbonyl (C=O) groups is 1. The van der Waals surface area contributed by atoms with Crippen LogP contribution >= 0.6 is 0 Å². The second kappa shape index (κ2) is 3.64. The van der Waals surface area contributed by atoms with Crippen molar-refractivity contribution in [2.24, 2.45) is 0 Å². The van der Waals surface area contributed by atoms with Gasteiger partial charge in [0.25, 0.3) is 0 Å². The van der Waals surface area contributed by atoms with E-state index < -0.39 is 28.2 Å². The Labute approximate surface area is 80.7 Å². The smallest absolute Gasteiger partial charge is 0.358 e. The summed E-state index contributed by atoms with van der Waals surface area (Å²) < 4.78 is 36.6. The van der Waals surface area contributed by atoms with Crippen molar-refractivity contribution in [3.63, 3.8) is 0 Å². The van der Waals surface area contributed by atoms with E-state index >= 15 is 0 Å². The zero-order valence-electron chi connectivity index (χ0n) is 6.99. The van der Waals surface area contributed by atoms with Gasteiger partial charge in [-0.2, -0.15) is 13.2 Å². The lowest BCUT2D eigenvalue weighted by molar-refractivity contribution is -0.392. The molecule has 0 aliphatic rings. The van der Waals surface area contributed by atoms with E-state index in [0.717, 1.165) is 6.07 Å². The summed E-state index contributed by atoms with van der Waals surface area (Å²) in [5, 5.41) is 10.3. The Morgan fingerprint density at radius 1 is 1.40 bits per heavy atom. The lowest BCUT2D eigenvalue weighted by Crippen LogP contribution is -2.11. The topological polar surface area (TPSA) is 73.1 Å². The summed E-state index contributed by atoms with van der Waals surface area (Å²) in [7, 11) is 0. The number of hydrogen-bond donors (Lipinski definition) is 0. The number of pyridine rings is 1. The van der Waals surface area contributed by atoms with Gasteiger partial charge in [-0.3, -0.25) is 4.79 Å². The zero-order valence-corrected chi connectivity index (χ0v) is 6.99. The molecule has 1 heterocycles. The average molecular weight is 220 g/mol. The monoisotopic (exact) mass is 220 g/mol. The number of nitrogens with zero attached hydrogens (tertiary/aromatic N) is 2. The van der Waals surface area contributed by atoms with Crippen LogP contribution in [0.15, 0.2) is 12.1 Å². The molecule has 80 valence electrons. The highest BCUT2D eigenvalue weighted by molar-refractivity contribution is 5.72. The first kappa shape index (κ1) is 11.1. The maximum Gasteiger partial charge on any atom is 0.424 e. The minimum Gasteiger partial charge on any atom is -0.358 e. The van der Waals surface area contributed by atoms with Crippen molar-refractivity contribution in [2.45, 2.75) is 6.18 Å². The highest BCUT2D eigenvalue weighted by Gasteiger charge is 2.39. The number of alkyl halides is 3. The summed E-state index contributed by atoms with van der Waals surface area (Å²) in [5.74, 6) is -1.37. The van der Waals surface area contributed by atoms with E-state index in [1.165, 1.54) is 0 Å². The highest BCUT2D eigenvalue weighted by atomic mass is 19.4. The van der Waals surface area contributed by atoms with Crippen LogP contribution in [0.25, 0.3) is 0 Å². The molecule has 0 fully saturated rings.